The topological polar surface area (TPSA) is 58.4 Å². The third-order valence-electron chi connectivity index (χ3n) is 6.88. The number of hydrogen-bond acceptors (Lipinski definition) is 8. The van der Waals surface area contributed by atoms with E-state index in [-0.39, 0.29) is 11.7 Å². The van der Waals surface area contributed by atoms with E-state index in [9.17, 15) is 4.79 Å². The summed E-state index contributed by atoms with van der Waals surface area (Å²) >= 11 is 18.7. The van der Waals surface area contributed by atoms with Gasteiger partial charge in [-0.05, 0) is 77.5 Å². The number of nitrogens with zero attached hydrogens (tertiary/aromatic N) is 3. The van der Waals surface area contributed by atoms with Gasteiger partial charge in [0.2, 0.25) is 0 Å². The SMILES string of the molecule is C[C@H]1C=C(C(=O)CCl)CN1C.C[C@H]1C=C(c2csc(=S)[nH]2)CN1C.C[C@H]1C=C(c2csc(=S)[nH]2)CN1C. The fourth-order valence-corrected chi connectivity index (χ4v) is 6.03. The molecule has 0 aliphatic carbocycles. The molecule has 3 atom stereocenters. The number of Topliss-reactive ketones (excluding diaryl/α,β-unsaturated/α-hetero) is 1. The standard InChI is InChI=1S/2C9H12N2S2.C8H12ClNO/c2*1-6-3-7(4-11(6)2)8-5-13-9(12)10-8;1-6-3-7(5-10(6)2)8(11)4-9/h2*3,5-6H,4H2,1-2H3,(H,10,12);3,6H,4-5H2,1-2H3/t3*6-/m000/s1. The number of carbonyl (C=O) groups excluding carboxylic acids is 1. The van der Waals surface area contributed by atoms with Gasteiger partial charge in [0.05, 0.1) is 17.3 Å². The second-order valence-electron chi connectivity index (χ2n) is 9.72. The maximum absolute atomic E-state index is 11.1. The van der Waals surface area contributed by atoms with E-state index in [1.807, 2.05) is 13.1 Å². The fraction of sp³-hybridized carbons (Fsp3) is 0.500. The average Bonchev–Trinajstić information content (AvgIpc) is 3.67. The number of thiazole rings is 2. The van der Waals surface area contributed by atoms with Crippen LogP contribution in [0.15, 0.2) is 34.6 Å². The summed E-state index contributed by atoms with van der Waals surface area (Å²) in [4.78, 5) is 24.2. The Kier molecular flexibility index (Phi) is 11.2. The highest BCUT2D eigenvalue weighted by Crippen LogP contribution is 2.24. The minimum Gasteiger partial charge on any atom is -0.337 e. The van der Waals surface area contributed by atoms with E-state index in [1.165, 1.54) is 22.5 Å². The number of aromatic amines is 2. The number of H-pyrrole nitrogens is 2. The van der Waals surface area contributed by atoms with Crippen molar-refractivity contribution in [2.24, 2.45) is 0 Å². The van der Waals surface area contributed by atoms with Crippen LogP contribution in [0.3, 0.4) is 0 Å². The minimum atomic E-state index is 0.0582. The van der Waals surface area contributed by atoms with Crippen LogP contribution in [-0.2, 0) is 4.79 Å². The van der Waals surface area contributed by atoms with Gasteiger partial charge in [-0.1, -0.05) is 18.2 Å². The lowest BCUT2D eigenvalue weighted by atomic mass is 10.2. The van der Waals surface area contributed by atoms with Gasteiger partial charge in [-0.3, -0.25) is 19.5 Å². The molecule has 0 aromatic carbocycles. The molecule has 0 amide bonds. The summed E-state index contributed by atoms with van der Waals surface area (Å²) in [7, 11) is 6.26. The summed E-state index contributed by atoms with van der Waals surface area (Å²) in [6, 6.07) is 1.45. The molecule has 202 valence electrons. The van der Waals surface area contributed by atoms with E-state index in [0.29, 0.717) is 18.1 Å². The third kappa shape index (κ3) is 8.37. The molecule has 37 heavy (non-hydrogen) atoms. The zero-order chi connectivity index (χ0) is 27.3. The molecule has 3 aliphatic rings. The Morgan fingerprint density at radius 3 is 1.51 bits per heavy atom. The number of rotatable bonds is 4. The van der Waals surface area contributed by atoms with Crippen LogP contribution in [0, 0.1) is 7.91 Å². The van der Waals surface area contributed by atoms with Crippen molar-refractivity contribution in [2.75, 3.05) is 46.7 Å². The summed E-state index contributed by atoms with van der Waals surface area (Å²) in [5, 5.41) is 4.19. The number of nitrogens with one attached hydrogen (secondary N) is 2. The average molecular weight is 598 g/mol. The predicted octanol–water partition coefficient (Wildman–Crippen LogP) is 6.10. The number of carbonyl (C=O) groups is 1. The summed E-state index contributed by atoms with van der Waals surface area (Å²) < 4.78 is 1.72. The van der Waals surface area contributed by atoms with Crippen LogP contribution in [0.25, 0.3) is 11.1 Å². The Morgan fingerprint density at radius 2 is 1.24 bits per heavy atom. The quantitative estimate of drug-likeness (QED) is 0.328. The van der Waals surface area contributed by atoms with E-state index in [2.05, 4.69) is 82.4 Å². The van der Waals surface area contributed by atoms with Crippen molar-refractivity contribution in [3.8, 4) is 0 Å². The molecule has 2 aromatic heterocycles. The number of alkyl halides is 1. The molecule has 2 aromatic rings. The molecule has 0 bridgehead atoms. The van der Waals surface area contributed by atoms with E-state index >= 15 is 0 Å². The molecule has 6 nitrogen and oxygen atoms in total. The highest BCUT2D eigenvalue weighted by Gasteiger charge is 2.21. The van der Waals surface area contributed by atoms with E-state index in [1.54, 1.807) is 22.7 Å². The first-order valence-electron chi connectivity index (χ1n) is 12.2. The van der Waals surface area contributed by atoms with Crippen LogP contribution in [0.2, 0.25) is 0 Å². The second-order valence-corrected chi connectivity index (χ2v) is 13.1. The van der Waals surface area contributed by atoms with Gasteiger partial charge in [0.1, 0.15) is 0 Å². The first-order valence-corrected chi connectivity index (χ1v) is 15.3. The van der Waals surface area contributed by atoms with Crippen molar-refractivity contribution >= 4 is 75.6 Å². The molecule has 0 fully saturated rings. The van der Waals surface area contributed by atoms with Gasteiger partial charge in [-0.15, -0.1) is 34.3 Å². The normalized spacial score (nSPS) is 24.1. The Bertz CT molecular complexity index is 1210. The van der Waals surface area contributed by atoms with Crippen LogP contribution in [0.1, 0.15) is 32.2 Å². The number of ketones is 1. The first-order chi connectivity index (χ1) is 17.5. The lowest BCUT2D eigenvalue weighted by Gasteiger charge is -2.13. The van der Waals surface area contributed by atoms with Crippen molar-refractivity contribution in [1.82, 2.24) is 24.7 Å². The summed E-state index contributed by atoms with van der Waals surface area (Å²) in [5.41, 5.74) is 5.96. The molecule has 0 radical (unpaired) electrons. The monoisotopic (exact) mass is 597 g/mol. The molecule has 11 heteroatoms. The Morgan fingerprint density at radius 1 is 0.838 bits per heavy atom. The maximum atomic E-state index is 11.1. The first kappa shape index (κ1) is 30.3. The summed E-state index contributed by atoms with van der Waals surface area (Å²) in [6.45, 7) is 9.25. The van der Waals surface area contributed by atoms with Crippen LogP contribution < -0.4 is 0 Å². The smallest absolute Gasteiger partial charge is 0.174 e. The van der Waals surface area contributed by atoms with Crippen LogP contribution in [0.5, 0.6) is 0 Å². The lowest BCUT2D eigenvalue weighted by molar-refractivity contribution is -0.113. The Labute approximate surface area is 243 Å². The third-order valence-corrected chi connectivity index (χ3v) is 9.25. The molecular formula is C26H36ClN5OS4. The van der Waals surface area contributed by atoms with Gasteiger partial charge >= 0.3 is 0 Å². The molecule has 0 spiro atoms. The van der Waals surface area contributed by atoms with Gasteiger partial charge in [-0.25, -0.2) is 0 Å². The molecule has 0 saturated carbocycles. The number of aromatic nitrogens is 2. The van der Waals surface area contributed by atoms with Crippen molar-refractivity contribution in [3.05, 3.63) is 53.9 Å². The van der Waals surface area contributed by atoms with Crippen molar-refractivity contribution in [3.63, 3.8) is 0 Å². The molecule has 5 heterocycles. The van der Waals surface area contributed by atoms with Crippen molar-refractivity contribution < 1.29 is 4.79 Å². The van der Waals surface area contributed by atoms with E-state index in [0.717, 1.165) is 33.1 Å². The van der Waals surface area contributed by atoms with Crippen molar-refractivity contribution in [1.29, 1.82) is 0 Å². The van der Waals surface area contributed by atoms with Gasteiger partial charge in [0.15, 0.2) is 13.7 Å². The van der Waals surface area contributed by atoms with Crippen LogP contribution in [0.4, 0.5) is 0 Å². The van der Waals surface area contributed by atoms with Gasteiger partial charge < -0.3 is 9.97 Å². The Hall–Kier alpha value is -1.24. The number of hydrogen-bond donors (Lipinski definition) is 2. The summed E-state index contributed by atoms with van der Waals surface area (Å²) in [5.74, 6) is 0.162. The van der Waals surface area contributed by atoms with Gasteiger partial charge in [0.25, 0.3) is 0 Å². The summed E-state index contributed by atoms with van der Waals surface area (Å²) in [6.07, 6.45) is 6.55. The molecule has 0 unspecified atom stereocenters. The van der Waals surface area contributed by atoms with Crippen LogP contribution in [-0.4, -0.2) is 95.2 Å². The molecule has 0 saturated heterocycles. The largest absolute Gasteiger partial charge is 0.337 e. The van der Waals surface area contributed by atoms with E-state index < -0.39 is 0 Å². The highest BCUT2D eigenvalue weighted by molar-refractivity contribution is 7.73. The van der Waals surface area contributed by atoms with Gasteiger partial charge in [-0.2, -0.15) is 0 Å². The minimum absolute atomic E-state index is 0.0582. The van der Waals surface area contributed by atoms with Crippen molar-refractivity contribution in [2.45, 2.75) is 38.9 Å². The van der Waals surface area contributed by atoms with Crippen LogP contribution >= 0.6 is 58.7 Å². The molecule has 2 N–H and O–H groups in total. The fourth-order valence-electron chi connectivity index (χ4n) is 4.14. The molecule has 3 aliphatic heterocycles. The lowest BCUT2D eigenvalue weighted by Crippen LogP contribution is -2.23. The van der Waals surface area contributed by atoms with Gasteiger partial charge in [0, 0.05) is 54.1 Å². The zero-order valence-electron chi connectivity index (χ0n) is 22.2. The Balaban J connectivity index is 0.000000155. The zero-order valence-corrected chi connectivity index (χ0v) is 26.2. The second kappa shape index (κ2) is 13.7. The maximum Gasteiger partial charge on any atom is 0.174 e. The predicted molar refractivity (Wildman–Crippen MR) is 165 cm³/mol. The van der Waals surface area contributed by atoms with E-state index in [4.69, 9.17) is 36.0 Å². The number of halogens is 1. The highest BCUT2D eigenvalue weighted by atomic mass is 35.5. The number of likely N-dealkylation sites (N-methyl/N-ethyl adjacent to an activating group) is 3. The molecule has 5 rings (SSSR count). The molecular weight excluding hydrogens is 562 g/mol.